The first-order valence-corrected chi connectivity index (χ1v) is 10.7. The van der Waals surface area contributed by atoms with Crippen LogP contribution in [0.3, 0.4) is 0 Å². The fraction of sp³-hybridized carbons (Fsp3) is 0.111. The number of carbonyl (C=O) groups is 2. The highest BCUT2D eigenvalue weighted by molar-refractivity contribution is 6.04. The van der Waals surface area contributed by atoms with Crippen molar-refractivity contribution in [2.75, 3.05) is 18.5 Å². The maximum atomic E-state index is 12.5. The van der Waals surface area contributed by atoms with Crippen molar-refractivity contribution < 1.29 is 19.1 Å². The van der Waals surface area contributed by atoms with Gasteiger partial charge in [-0.05, 0) is 73.7 Å². The van der Waals surface area contributed by atoms with Crippen LogP contribution in [0, 0.1) is 22.7 Å². The Bertz CT molecular complexity index is 1380. The molecule has 0 aromatic heterocycles. The number of rotatable bonds is 9. The molecule has 9 nitrogen and oxygen atoms in total. The second kappa shape index (κ2) is 12.3. The largest absolute Gasteiger partial charge is 0.490 e. The Labute approximate surface area is 207 Å². The van der Waals surface area contributed by atoms with Gasteiger partial charge in [-0.1, -0.05) is 6.58 Å². The van der Waals surface area contributed by atoms with Gasteiger partial charge in [-0.15, -0.1) is 0 Å². The maximum Gasteiger partial charge on any atom is 0.333 e. The molecule has 0 heterocycles. The van der Waals surface area contributed by atoms with Gasteiger partial charge in [0, 0.05) is 16.8 Å². The number of carbonyl (C=O) groups excluding carboxylic acids is 2. The summed E-state index contributed by atoms with van der Waals surface area (Å²) in [6.07, 6.45) is 0. The number of hydrogen-bond acceptors (Lipinski definition) is 8. The number of azo groups is 1. The van der Waals surface area contributed by atoms with E-state index in [1.165, 1.54) is 12.1 Å². The lowest BCUT2D eigenvalue weighted by atomic mass is 10.1. The molecule has 0 radical (unpaired) electrons. The number of anilines is 1. The molecule has 3 rings (SSSR count). The van der Waals surface area contributed by atoms with Crippen LogP contribution in [0.2, 0.25) is 0 Å². The van der Waals surface area contributed by atoms with Crippen molar-refractivity contribution >= 4 is 28.9 Å². The average Bonchev–Trinajstić information content (AvgIpc) is 2.90. The van der Waals surface area contributed by atoms with Crippen LogP contribution in [0.4, 0.5) is 17.1 Å². The van der Waals surface area contributed by atoms with Crippen LogP contribution < -0.4 is 10.1 Å². The molecule has 0 fully saturated rings. The standard InChI is InChI=1S/C27H21N5O4/c1-18(2)27(34)36-14-13-35-25-11-4-19(5-12-25)26(33)30-22-7-9-23(10-8-22)31-32-24-6-3-20(16-28)21(15-24)17-29/h3-12,15H,1,13-14H2,2H3,(H,30,33). The molecule has 1 amide bonds. The molecule has 0 saturated carbocycles. The van der Waals surface area contributed by atoms with Crippen molar-refractivity contribution in [1.82, 2.24) is 0 Å². The SMILES string of the molecule is C=C(C)C(=O)OCCOc1ccc(C(=O)Nc2ccc(N=Nc3ccc(C#N)c(C#N)c3)cc2)cc1. The Morgan fingerprint density at radius 1 is 0.889 bits per heavy atom. The molecule has 0 aliphatic rings. The van der Waals surface area contributed by atoms with E-state index in [4.69, 9.17) is 20.0 Å². The van der Waals surface area contributed by atoms with Crippen molar-refractivity contribution in [3.05, 3.63) is 95.6 Å². The third-order valence-electron chi connectivity index (χ3n) is 4.70. The molecule has 0 unspecified atom stereocenters. The number of amides is 1. The number of nitrogens with zero attached hydrogens (tertiary/aromatic N) is 4. The first-order valence-electron chi connectivity index (χ1n) is 10.7. The minimum atomic E-state index is -0.470. The highest BCUT2D eigenvalue weighted by Crippen LogP contribution is 2.23. The lowest BCUT2D eigenvalue weighted by molar-refractivity contribution is -0.139. The zero-order valence-electron chi connectivity index (χ0n) is 19.4. The molecular formula is C27H21N5O4. The van der Waals surface area contributed by atoms with E-state index in [1.54, 1.807) is 61.5 Å². The molecule has 0 saturated heterocycles. The Morgan fingerprint density at radius 2 is 1.53 bits per heavy atom. The smallest absolute Gasteiger partial charge is 0.333 e. The zero-order chi connectivity index (χ0) is 25.9. The molecule has 36 heavy (non-hydrogen) atoms. The number of ether oxygens (including phenoxy) is 2. The average molecular weight is 479 g/mol. The van der Waals surface area contributed by atoms with Crippen molar-refractivity contribution in [3.63, 3.8) is 0 Å². The van der Waals surface area contributed by atoms with Crippen LogP contribution in [-0.4, -0.2) is 25.1 Å². The number of nitriles is 2. The van der Waals surface area contributed by atoms with Gasteiger partial charge in [0.15, 0.2) is 0 Å². The monoisotopic (exact) mass is 479 g/mol. The predicted molar refractivity (Wildman–Crippen MR) is 132 cm³/mol. The fourth-order valence-corrected chi connectivity index (χ4v) is 2.83. The van der Waals surface area contributed by atoms with Gasteiger partial charge in [-0.2, -0.15) is 20.8 Å². The Balaban J connectivity index is 1.52. The summed E-state index contributed by atoms with van der Waals surface area (Å²) in [5, 5.41) is 29.1. The first kappa shape index (κ1) is 25.3. The number of hydrogen-bond donors (Lipinski definition) is 1. The molecule has 0 aliphatic carbocycles. The van der Waals surface area contributed by atoms with Crippen LogP contribution in [0.5, 0.6) is 5.75 Å². The van der Waals surface area contributed by atoms with E-state index in [0.29, 0.717) is 33.9 Å². The maximum absolute atomic E-state index is 12.5. The molecule has 3 aromatic rings. The minimum absolute atomic E-state index is 0.0951. The van der Waals surface area contributed by atoms with Crippen LogP contribution in [0.15, 0.2) is 89.1 Å². The summed E-state index contributed by atoms with van der Waals surface area (Å²) in [7, 11) is 0. The van der Waals surface area contributed by atoms with Crippen molar-refractivity contribution in [3.8, 4) is 17.9 Å². The van der Waals surface area contributed by atoms with Gasteiger partial charge >= 0.3 is 5.97 Å². The quantitative estimate of drug-likeness (QED) is 0.184. The lowest BCUT2D eigenvalue weighted by Crippen LogP contribution is -2.13. The summed E-state index contributed by atoms with van der Waals surface area (Å²) < 4.78 is 10.4. The number of benzene rings is 3. The third-order valence-corrected chi connectivity index (χ3v) is 4.70. The van der Waals surface area contributed by atoms with Crippen LogP contribution in [0.25, 0.3) is 0 Å². The number of esters is 1. The second-order valence-corrected chi connectivity index (χ2v) is 7.44. The summed E-state index contributed by atoms with van der Waals surface area (Å²) in [6, 6.07) is 21.8. The van der Waals surface area contributed by atoms with Gasteiger partial charge in [0.2, 0.25) is 0 Å². The highest BCUT2D eigenvalue weighted by Gasteiger charge is 2.08. The molecule has 3 aromatic carbocycles. The highest BCUT2D eigenvalue weighted by atomic mass is 16.6. The van der Waals surface area contributed by atoms with Crippen LogP contribution in [-0.2, 0) is 9.53 Å². The molecule has 9 heteroatoms. The minimum Gasteiger partial charge on any atom is -0.490 e. The molecular weight excluding hydrogens is 458 g/mol. The van der Waals surface area contributed by atoms with E-state index < -0.39 is 5.97 Å². The second-order valence-electron chi connectivity index (χ2n) is 7.44. The molecule has 0 spiro atoms. The predicted octanol–water partition coefficient (Wildman–Crippen LogP) is 5.60. The lowest BCUT2D eigenvalue weighted by Gasteiger charge is -2.09. The van der Waals surface area contributed by atoms with E-state index >= 15 is 0 Å². The molecule has 1 N–H and O–H groups in total. The topological polar surface area (TPSA) is 137 Å². The summed E-state index contributed by atoms with van der Waals surface area (Å²) in [4.78, 5) is 23.8. The van der Waals surface area contributed by atoms with Crippen LogP contribution >= 0.6 is 0 Å². The van der Waals surface area contributed by atoms with E-state index in [9.17, 15) is 9.59 Å². The third kappa shape index (κ3) is 7.11. The zero-order valence-corrected chi connectivity index (χ0v) is 19.4. The Morgan fingerprint density at radius 3 is 2.17 bits per heavy atom. The first-order chi connectivity index (χ1) is 17.4. The normalized spacial score (nSPS) is 10.2. The molecule has 0 atom stereocenters. The van der Waals surface area contributed by atoms with E-state index in [1.807, 2.05) is 12.1 Å². The van der Waals surface area contributed by atoms with Crippen molar-refractivity contribution in [1.29, 1.82) is 10.5 Å². The van der Waals surface area contributed by atoms with Gasteiger partial charge in [0.25, 0.3) is 5.91 Å². The van der Waals surface area contributed by atoms with Gasteiger partial charge in [-0.3, -0.25) is 4.79 Å². The summed E-state index contributed by atoms with van der Waals surface area (Å²) in [6.45, 7) is 5.35. The van der Waals surface area contributed by atoms with Gasteiger partial charge in [-0.25, -0.2) is 4.79 Å². The molecule has 0 bridgehead atoms. The number of nitrogens with one attached hydrogen (secondary N) is 1. The Hall–Kier alpha value is -5.28. The summed E-state index contributed by atoms with van der Waals surface area (Å²) in [5.41, 5.74) is 2.84. The summed E-state index contributed by atoms with van der Waals surface area (Å²) in [5.74, 6) is -0.230. The van der Waals surface area contributed by atoms with E-state index in [0.717, 1.165) is 0 Å². The van der Waals surface area contributed by atoms with E-state index in [-0.39, 0.29) is 30.2 Å². The molecule has 0 aliphatic heterocycles. The van der Waals surface area contributed by atoms with Gasteiger partial charge in [0.1, 0.15) is 31.1 Å². The van der Waals surface area contributed by atoms with Crippen molar-refractivity contribution in [2.24, 2.45) is 10.2 Å². The molecule has 178 valence electrons. The van der Waals surface area contributed by atoms with Crippen LogP contribution in [0.1, 0.15) is 28.4 Å². The van der Waals surface area contributed by atoms with Crippen molar-refractivity contribution in [2.45, 2.75) is 6.92 Å². The van der Waals surface area contributed by atoms with Gasteiger partial charge < -0.3 is 14.8 Å². The fourth-order valence-electron chi connectivity index (χ4n) is 2.83. The van der Waals surface area contributed by atoms with Gasteiger partial charge in [0.05, 0.1) is 22.5 Å². The van der Waals surface area contributed by atoms with E-state index in [2.05, 4.69) is 22.1 Å². The Kier molecular flexibility index (Phi) is 8.63. The summed E-state index contributed by atoms with van der Waals surface area (Å²) >= 11 is 0.